The molecular weight excluding hydrogens is 382 g/mol. The van der Waals surface area contributed by atoms with Gasteiger partial charge in [0.1, 0.15) is 5.56 Å². The Morgan fingerprint density at radius 3 is 2.34 bits per heavy atom. The maximum atomic E-state index is 12.9. The Morgan fingerprint density at radius 1 is 1.21 bits per heavy atom. The summed E-state index contributed by atoms with van der Waals surface area (Å²) in [4.78, 5) is 48.5. The minimum atomic E-state index is -0.940. The fraction of sp³-hybridized carbons (Fsp3) is 0.211. The number of nitrogen functional groups attached to an aromatic ring is 1. The molecule has 1 amide bonds. The first-order chi connectivity index (χ1) is 13.8. The molecule has 29 heavy (non-hydrogen) atoms. The van der Waals surface area contributed by atoms with Crippen molar-refractivity contribution in [3.63, 3.8) is 0 Å². The average Bonchev–Trinajstić information content (AvgIpc) is 2.71. The quantitative estimate of drug-likeness (QED) is 0.376. The minimum absolute atomic E-state index is 0.0486. The van der Waals surface area contributed by atoms with Crippen LogP contribution < -0.4 is 15.8 Å². The van der Waals surface area contributed by atoms with Gasteiger partial charge in [0.2, 0.25) is 5.78 Å². The van der Waals surface area contributed by atoms with Gasteiger partial charge in [-0.1, -0.05) is 24.3 Å². The number of hydrogen-bond acceptors (Lipinski definition) is 8. The zero-order valence-corrected chi connectivity index (χ0v) is 15.6. The van der Waals surface area contributed by atoms with Crippen LogP contribution in [-0.4, -0.2) is 42.3 Å². The summed E-state index contributed by atoms with van der Waals surface area (Å²) in [5, 5.41) is 14.0. The number of ether oxygens (including phenoxy) is 2. The summed E-state index contributed by atoms with van der Waals surface area (Å²) >= 11 is 0. The SMILES string of the molecule is COC(C)CNC(=O)Oc1cc([N+](=O)[O-])c2c(c1N)C(=O)c1ccccc1C2=O. The topological polar surface area (TPSA) is 151 Å². The minimum Gasteiger partial charge on any atom is -0.408 e. The Kier molecular flexibility index (Phi) is 5.29. The molecule has 0 heterocycles. The summed E-state index contributed by atoms with van der Waals surface area (Å²) < 4.78 is 10.1. The van der Waals surface area contributed by atoms with E-state index >= 15 is 0 Å². The van der Waals surface area contributed by atoms with E-state index in [0.29, 0.717) is 0 Å². The number of methoxy groups -OCH3 is 1. The Balaban J connectivity index is 2.08. The number of nitro benzene ring substituents is 1. The third kappa shape index (κ3) is 3.52. The van der Waals surface area contributed by atoms with Crippen molar-refractivity contribution in [3.8, 4) is 5.75 Å². The van der Waals surface area contributed by atoms with Crippen LogP contribution in [0.4, 0.5) is 16.2 Å². The highest BCUT2D eigenvalue weighted by molar-refractivity contribution is 6.31. The Morgan fingerprint density at radius 2 is 1.79 bits per heavy atom. The molecule has 2 aromatic rings. The smallest absolute Gasteiger partial charge is 0.408 e. The van der Waals surface area contributed by atoms with Gasteiger partial charge in [0.05, 0.1) is 28.3 Å². The Hall–Kier alpha value is -3.79. The first-order valence-electron chi connectivity index (χ1n) is 8.54. The number of amides is 1. The van der Waals surface area contributed by atoms with Gasteiger partial charge in [-0.05, 0) is 6.92 Å². The van der Waals surface area contributed by atoms with E-state index in [1.165, 1.54) is 19.2 Å². The van der Waals surface area contributed by atoms with Crippen molar-refractivity contribution in [3.05, 3.63) is 62.7 Å². The number of carbonyl (C=O) groups is 3. The van der Waals surface area contributed by atoms with Crippen LogP contribution in [0.1, 0.15) is 38.8 Å². The van der Waals surface area contributed by atoms with Crippen molar-refractivity contribution in [2.75, 3.05) is 19.4 Å². The number of nitrogens with zero attached hydrogens (tertiary/aromatic N) is 1. The van der Waals surface area contributed by atoms with Crippen LogP contribution in [0.15, 0.2) is 30.3 Å². The monoisotopic (exact) mass is 399 g/mol. The molecule has 3 N–H and O–H groups in total. The average molecular weight is 399 g/mol. The maximum absolute atomic E-state index is 12.9. The number of nitro groups is 1. The lowest BCUT2D eigenvalue weighted by Crippen LogP contribution is -2.34. The number of anilines is 1. The summed E-state index contributed by atoms with van der Waals surface area (Å²) in [6, 6.07) is 6.81. The molecule has 0 radical (unpaired) electrons. The number of hydrogen-bond donors (Lipinski definition) is 2. The first kappa shape index (κ1) is 20.0. The number of rotatable bonds is 5. The second-order valence-electron chi connectivity index (χ2n) is 6.34. The summed E-state index contributed by atoms with van der Waals surface area (Å²) in [6.45, 7) is 1.83. The standard InChI is InChI=1S/C19H17N3O7/c1-9(28-2)8-21-19(25)29-13-7-12(22(26)27)14-15(16(13)20)18(24)11-6-4-3-5-10(11)17(14)23/h3-7,9H,8,20H2,1-2H3,(H,21,25). The molecule has 0 saturated heterocycles. The van der Waals surface area contributed by atoms with E-state index in [2.05, 4.69) is 5.32 Å². The van der Waals surface area contributed by atoms with Gasteiger partial charge in [0, 0.05) is 24.8 Å². The molecule has 150 valence electrons. The van der Waals surface area contributed by atoms with E-state index in [4.69, 9.17) is 15.2 Å². The van der Waals surface area contributed by atoms with Gasteiger partial charge in [-0.2, -0.15) is 0 Å². The molecule has 1 unspecified atom stereocenters. The van der Waals surface area contributed by atoms with E-state index in [1.807, 2.05) is 0 Å². The molecule has 0 saturated carbocycles. The second-order valence-corrected chi connectivity index (χ2v) is 6.34. The lowest BCUT2D eigenvalue weighted by atomic mass is 9.82. The zero-order chi connectivity index (χ0) is 21.3. The summed E-state index contributed by atoms with van der Waals surface area (Å²) in [5.74, 6) is -1.74. The highest BCUT2D eigenvalue weighted by atomic mass is 16.6. The molecule has 0 aliphatic heterocycles. The lowest BCUT2D eigenvalue weighted by molar-refractivity contribution is -0.385. The molecule has 3 rings (SSSR count). The normalized spacial score (nSPS) is 13.3. The van der Waals surface area contributed by atoms with E-state index < -0.39 is 39.6 Å². The van der Waals surface area contributed by atoms with Gasteiger partial charge in [-0.25, -0.2) is 4.79 Å². The van der Waals surface area contributed by atoms with Crippen LogP contribution in [-0.2, 0) is 4.74 Å². The third-order valence-corrected chi connectivity index (χ3v) is 4.51. The van der Waals surface area contributed by atoms with Crippen LogP contribution in [0.5, 0.6) is 5.75 Å². The van der Waals surface area contributed by atoms with Crippen molar-refractivity contribution in [1.29, 1.82) is 0 Å². The molecule has 1 aliphatic rings. The summed E-state index contributed by atoms with van der Waals surface area (Å²) in [6.07, 6.45) is -1.24. The molecule has 0 bridgehead atoms. The van der Waals surface area contributed by atoms with Crippen LogP contribution in [0.3, 0.4) is 0 Å². The number of nitrogens with two attached hydrogens (primary N) is 1. The van der Waals surface area contributed by atoms with Crippen LogP contribution in [0.2, 0.25) is 0 Å². The van der Waals surface area contributed by atoms with Gasteiger partial charge in [0.15, 0.2) is 11.5 Å². The predicted octanol–water partition coefficient (Wildman–Crippen LogP) is 2.08. The van der Waals surface area contributed by atoms with Crippen molar-refractivity contribution in [2.45, 2.75) is 13.0 Å². The molecular formula is C19H17N3O7. The van der Waals surface area contributed by atoms with Gasteiger partial charge in [0.25, 0.3) is 5.69 Å². The highest BCUT2D eigenvalue weighted by Crippen LogP contribution is 2.41. The van der Waals surface area contributed by atoms with Gasteiger partial charge in [-0.3, -0.25) is 19.7 Å². The van der Waals surface area contributed by atoms with E-state index in [0.717, 1.165) is 6.07 Å². The van der Waals surface area contributed by atoms with Crippen LogP contribution in [0, 0.1) is 10.1 Å². The fourth-order valence-corrected chi connectivity index (χ4v) is 2.95. The van der Waals surface area contributed by atoms with Gasteiger partial charge < -0.3 is 20.5 Å². The van der Waals surface area contributed by atoms with Crippen molar-refractivity contribution < 1.29 is 28.8 Å². The molecule has 10 heteroatoms. The van der Waals surface area contributed by atoms with Crippen LogP contribution >= 0.6 is 0 Å². The van der Waals surface area contributed by atoms with Gasteiger partial charge in [-0.15, -0.1) is 0 Å². The zero-order valence-electron chi connectivity index (χ0n) is 15.6. The molecule has 0 spiro atoms. The molecule has 0 fully saturated rings. The number of benzene rings is 2. The largest absolute Gasteiger partial charge is 0.412 e. The van der Waals surface area contributed by atoms with Crippen LogP contribution in [0.25, 0.3) is 0 Å². The third-order valence-electron chi connectivity index (χ3n) is 4.51. The molecule has 1 aliphatic carbocycles. The van der Waals surface area contributed by atoms with Crippen molar-refractivity contribution >= 4 is 29.0 Å². The number of fused-ring (bicyclic) bond motifs is 2. The molecule has 0 aromatic heterocycles. The van der Waals surface area contributed by atoms with Crippen molar-refractivity contribution in [1.82, 2.24) is 5.32 Å². The number of nitrogens with one attached hydrogen (secondary N) is 1. The summed E-state index contributed by atoms with van der Waals surface area (Å²) in [5.41, 5.74) is 4.34. The van der Waals surface area contributed by atoms with E-state index in [9.17, 15) is 24.5 Å². The predicted molar refractivity (Wildman–Crippen MR) is 101 cm³/mol. The van der Waals surface area contributed by atoms with E-state index in [1.54, 1.807) is 19.1 Å². The van der Waals surface area contributed by atoms with Gasteiger partial charge >= 0.3 is 6.09 Å². The molecule has 1 atom stereocenters. The Labute approximate surface area is 164 Å². The lowest BCUT2D eigenvalue weighted by Gasteiger charge is -2.20. The fourth-order valence-electron chi connectivity index (χ4n) is 2.95. The second kappa shape index (κ2) is 7.68. The molecule has 10 nitrogen and oxygen atoms in total. The first-order valence-corrected chi connectivity index (χ1v) is 8.54. The number of ketones is 2. The van der Waals surface area contributed by atoms with Crippen molar-refractivity contribution in [2.24, 2.45) is 0 Å². The van der Waals surface area contributed by atoms with E-state index in [-0.39, 0.29) is 35.0 Å². The highest BCUT2D eigenvalue weighted by Gasteiger charge is 2.39. The maximum Gasteiger partial charge on any atom is 0.412 e. The number of carbonyl (C=O) groups excluding carboxylic acids is 3. The molecule has 2 aromatic carbocycles. The Bertz CT molecular complexity index is 1050. The summed E-state index contributed by atoms with van der Waals surface area (Å²) in [7, 11) is 1.46.